The molecule has 3 rings (SSSR count). The number of para-hydroxylation sites is 1. The first-order chi connectivity index (χ1) is 12.5. The predicted octanol–water partition coefficient (Wildman–Crippen LogP) is 3.77. The highest BCUT2D eigenvalue weighted by Crippen LogP contribution is 2.32. The van der Waals surface area contributed by atoms with Crippen LogP contribution in [0.25, 0.3) is 11.0 Å². The van der Waals surface area contributed by atoms with Crippen molar-refractivity contribution in [1.82, 2.24) is 0 Å². The zero-order valence-electron chi connectivity index (χ0n) is 13.7. The van der Waals surface area contributed by atoms with Crippen LogP contribution in [0.3, 0.4) is 0 Å². The Labute approximate surface area is 147 Å². The molecule has 1 aromatic heterocycles. The molecular formula is C18H14N2O6. The van der Waals surface area contributed by atoms with Gasteiger partial charge in [-0.1, -0.05) is 18.2 Å². The van der Waals surface area contributed by atoms with Gasteiger partial charge in [0.15, 0.2) is 0 Å². The van der Waals surface area contributed by atoms with Gasteiger partial charge in [-0.05, 0) is 25.1 Å². The minimum atomic E-state index is -0.710. The molecule has 8 nitrogen and oxygen atoms in total. The number of nitro benzene ring substituents is 1. The Hall–Kier alpha value is -3.68. The lowest BCUT2D eigenvalue weighted by molar-refractivity contribution is -0.384. The van der Waals surface area contributed by atoms with Crippen LogP contribution in [0, 0.1) is 10.1 Å². The van der Waals surface area contributed by atoms with Gasteiger partial charge in [-0.25, -0.2) is 4.79 Å². The van der Waals surface area contributed by atoms with Gasteiger partial charge in [-0.2, -0.15) is 0 Å². The number of nitro groups is 1. The van der Waals surface area contributed by atoms with Gasteiger partial charge in [0.1, 0.15) is 11.3 Å². The topological polar surface area (TPSA) is 112 Å². The molecule has 0 spiro atoms. The van der Waals surface area contributed by atoms with E-state index in [1.54, 1.807) is 31.2 Å². The molecule has 8 heteroatoms. The van der Waals surface area contributed by atoms with Crippen molar-refractivity contribution in [2.45, 2.75) is 6.92 Å². The summed E-state index contributed by atoms with van der Waals surface area (Å²) in [6, 6.07) is 12.1. The molecule has 0 aliphatic rings. The van der Waals surface area contributed by atoms with Crippen molar-refractivity contribution < 1.29 is 23.7 Å². The maximum atomic E-state index is 12.5. The Bertz CT molecular complexity index is 1010. The van der Waals surface area contributed by atoms with Gasteiger partial charge < -0.3 is 14.5 Å². The monoisotopic (exact) mass is 354 g/mol. The van der Waals surface area contributed by atoms with E-state index < -0.39 is 16.8 Å². The number of nitrogens with one attached hydrogen (secondary N) is 1. The smallest absolute Gasteiger partial charge is 0.376 e. The number of ether oxygens (including phenoxy) is 1. The number of anilines is 1. The molecule has 0 saturated heterocycles. The molecule has 0 atom stereocenters. The highest BCUT2D eigenvalue weighted by atomic mass is 16.6. The van der Waals surface area contributed by atoms with Gasteiger partial charge in [0, 0.05) is 23.1 Å². The molecule has 3 aromatic rings. The first-order valence-electron chi connectivity index (χ1n) is 7.75. The third-order valence-electron chi connectivity index (χ3n) is 3.61. The van der Waals surface area contributed by atoms with Crippen LogP contribution >= 0.6 is 0 Å². The SMILES string of the molecule is CCOC(=O)c1oc2ccccc2c1NC(=O)c1cccc([N+](=O)[O-])c1. The third kappa shape index (κ3) is 3.25. The van der Waals surface area contributed by atoms with Gasteiger partial charge in [0.05, 0.1) is 11.5 Å². The average Bonchev–Trinajstić information content (AvgIpc) is 3.01. The van der Waals surface area contributed by atoms with Crippen LogP contribution in [0.15, 0.2) is 52.9 Å². The Kier molecular flexibility index (Phi) is 4.66. The number of hydrogen-bond acceptors (Lipinski definition) is 6. The number of carbonyl (C=O) groups is 2. The molecule has 0 bridgehead atoms. The largest absolute Gasteiger partial charge is 0.460 e. The first kappa shape index (κ1) is 17.2. The summed E-state index contributed by atoms with van der Waals surface area (Å²) in [4.78, 5) is 35.0. The van der Waals surface area contributed by atoms with Crippen LogP contribution < -0.4 is 5.32 Å². The van der Waals surface area contributed by atoms with Crippen LogP contribution in [0.4, 0.5) is 11.4 Å². The fourth-order valence-corrected chi connectivity index (χ4v) is 2.46. The van der Waals surface area contributed by atoms with E-state index in [-0.39, 0.29) is 29.3 Å². The molecular weight excluding hydrogens is 340 g/mol. The first-order valence-corrected chi connectivity index (χ1v) is 7.75. The van der Waals surface area contributed by atoms with Crippen molar-refractivity contribution in [2.75, 3.05) is 11.9 Å². The second kappa shape index (κ2) is 7.06. The highest BCUT2D eigenvalue weighted by molar-refractivity contribution is 6.13. The molecule has 0 saturated carbocycles. The normalized spacial score (nSPS) is 10.5. The summed E-state index contributed by atoms with van der Waals surface area (Å²) in [6.07, 6.45) is 0. The predicted molar refractivity (Wildman–Crippen MR) is 93.2 cm³/mol. The summed E-state index contributed by atoms with van der Waals surface area (Å²) in [5, 5.41) is 14.0. The van der Waals surface area contributed by atoms with E-state index in [4.69, 9.17) is 9.15 Å². The summed E-state index contributed by atoms with van der Waals surface area (Å²) < 4.78 is 10.5. The summed E-state index contributed by atoms with van der Waals surface area (Å²) >= 11 is 0. The molecule has 0 aliphatic carbocycles. The van der Waals surface area contributed by atoms with E-state index >= 15 is 0 Å². The molecule has 1 heterocycles. The van der Waals surface area contributed by atoms with E-state index in [0.717, 1.165) is 6.07 Å². The highest BCUT2D eigenvalue weighted by Gasteiger charge is 2.24. The van der Waals surface area contributed by atoms with Crippen LogP contribution in [0.5, 0.6) is 0 Å². The van der Waals surface area contributed by atoms with E-state index in [2.05, 4.69) is 5.32 Å². The van der Waals surface area contributed by atoms with Crippen LogP contribution in [0.2, 0.25) is 0 Å². The van der Waals surface area contributed by atoms with Gasteiger partial charge in [0.25, 0.3) is 11.6 Å². The molecule has 1 amide bonds. The lowest BCUT2D eigenvalue weighted by Crippen LogP contribution is -2.15. The average molecular weight is 354 g/mol. The Morgan fingerprint density at radius 1 is 1.19 bits per heavy atom. The minimum Gasteiger partial charge on any atom is -0.460 e. The number of non-ortho nitro benzene ring substituents is 1. The number of esters is 1. The zero-order valence-corrected chi connectivity index (χ0v) is 13.7. The molecule has 0 fully saturated rings. The number of furan rings is 1. The van der Waals surface area contributed by atoms with E-state index in [0.29, 0.717) is 11.0 Å². The number of amides is 1. The molecule has 0 radical (unpaired) electrons. The van der Waals surface area contributed by atoms with Gasteiger partial charge in [-0.15, -0.1) is 0 Å². The van der Waals surface area contributed by atoms with Gasteiger partial charge in [-0.3, -0.25) is 14.9 Å². The molecule has 0 unspecified atom stereocenters. The minimum absolute atomic E-state index is 0.0827. The van der Waals surface area contributed by atoms with E-state index in [9.17, 15) is 19.7 Å². The zero-order chi connectivity index (χ0) is 18.7. The standard InChI is InChI=1S/C18H14N2O6/c1-2-25-18(22)16-15(13-8-3-4-9-14(13)26-16)19-17(21)11-6-5-7-12(10-11)20(23)24/h3-10H,2H2,1H3,(H,19,21). The molecule has 1 N–H and O–H groups in total. The number of benzene rings is 2. The van der Waals surface area contributed by atoms with Crippen LogP contribution in [-0.2, 0) is 4.74 Å². The second-order valence-corrected chi connectivity index (χ2v) is 5.28. The summed E-state index contributed by atoms with van der Waals surface area (Å²) in [6.45, 7) is 1.80. The molecule has 26 heavy (non-hydrogen) atoms. The second-order valence-electron chi connectivity index (χ2n) is 5.28. The third-order valence-corrected chi connectivity index (χ3v) is 3.61. The number of carbonyl (C=O) groups excluding carboxylic acids is 2. The maximum Gasteiger partial charge on any atom is 0.376 e. The maximum absolute atomic E-state index is 12.5. The van der Waals surface area contributed by atoms with Crippen LogP contribution in [0.1, 0.15) is 27.8 Å². The summed E-state index contributed by atoms with van der Waals surface area (Å²) in [5.41, 5.74) is 0.444. The van der Waals surface area contributed by atoms with Gasteiger partial charge in [0.2, 0.25) is 5.76 Å². The Morgan fingerprint density at radius 2 is 1.96 bits per heavy atom. The molecule has 132 valence electrons. The van der Waals surface area contributed by atoms with Gasteiger partial charge >= 0.3 is 5.97 Å². The van der Waals surface area contributed by atoms with Crippen molar-refractivity contribution in [3.8, 4) is 0 Å². The quantitative estimate of drug-likeness (QED) is 0.424. The van der Waals surface area contributed by atoms with Crippen molar-refractivity contribution in [2.24, 2.45) is 0 Å². The van der Waals surface area contributed by atoms with Crippen molar-refractivity contribution in [1.29, 1.82) is 0 Å². The Morgan fingerprint density at radius 3 is 2.69 bits per heavy atom. The lowest BCUT2D eigenvalue weighted by atomic mass is 10.1. The molecule has 0 aliphatic heterocycles. The fourth-order valence-electron chi connectivity index (χ4n) is 2.46. The van der Waals surface area contributed by atoms with Crippen molar-refractivity contribution >= 4 is 34.2 Å². The number of rotatable bonds is 5. The van der Waals surface area contributed by atoms with E-state index in [1.807, 2.05) is 0 Å². The van der Waals surface area contributed by atoms with Crippen molar-refractivity contribution in [3.63, 3.8) is 0 Å². The lowest BCUT2D eigenvalue weighted by Gasteiger charge is -2.06. The number of hydrogen-bond donors (Lipinski definition) is 1. The number of fused-ring (bicyclic) bond motifs is 1. The fraction of sp³-hybridized carbons (Fsp3) is 0.111. The van der Waals surface area contributed by atoms with Crippen LogP contribution in [-0.4, -0.2) is 23.4 Å². The van der Waals surface area contributed by atoms with Crippen molar-refractivity contribution in [3.05, 3.63) is 70.0 Å². The summed E-state index contributed by atoms with van der Waals surface area (Å²) in [7, 11) is 0. The molecule has 2 aromatic carbocycles. The summed E-state index contributed by atoms with van der Waals surface area (Å²) in [5.74, 6) is -1.45. The number of nitrogens with zero attached hydrogens (tertiary/aromatic N) is 1. The Balaban J connectivity index is 2.01. The van der Waals surface area contributed by atoms with E-state index in [1.165, 1.54) is 18.2 Å².